The summed E-state index contributed by atoms with van der Waals surface area (Å²) in [5.74, 6) is -3.45. The van der Waals surface area contributed by atoms with Crippen molar-refractivity contribution in [2.24, 2.45) is 17.8 Å². The Labute approximate surface area is 302 Å². The Balaban J connectivity index is 1.46. The first-order chi connectivity index (χ1) is 24.5. The van der Waals surface area contributed by atoms with Gasteiger partial charge in [-0.2, -0.15) is 0 Å². The van der Waals surface area contributed by atoms with E-state index in [1.807, 2.05) is 51.1 Å². The topological polar surface area (TPSA) is 129 Å². The van der Waals surface area contributed by atoms with E-state index in [2.05, 4.69) is 18.1 Å². The number of esters is 1. The number of aliphatic hydroxyl groups is 1. The maximum atomic E-state index is 14.8. The molecule has 12 nitrogen and oxygen atoms in total. The van der Waals surface area contributed by atoms with Gasteiger partial charge < -0.3 is 34.0 Å². The Kier molecular flexibility index (Phi) is 12.8. The number of allylic oxidation sites excluding steroid dienone is 1. The molecule has 0 unspecified atom stereocenters. The Morgan fingerprint density at radius 3 is 2.45 bits per heavy atom. The summed E-state index contributed by atoms with van der Waals surface area (Å²) in [6.07, 6.45) is 3.64. The predicted molar refractivity (Wildman–Crippen MR) is 191 cm³/mol. The largest absolute Gasteiger partial charge is 0.455 e. The summed E-state index contributed by atoms with van der Waals surface area (Å²) in [7, 11) is 1.69. The SMILES string of the molecule is C=CCCC(=O)N(C)[C@H](C)[C@H](OC(=O)[C@@H]1[C@@H]2CC[C@]3(O2)[C@H](C(=O)N(CC=C)CCN2CCOCC2)N([C@@H](CO)C(C)C)C(=O)[C@@H]13)c1ccccc1. The second-order valence-electron chi connectivity index (χ2n) is 14.7. The monoisotopic (exact) mass is 708 g/mol. The summed E-state index contributed by atoms with van der Waals surface area (Å²) in [6, 6.07) is 7.06. The molecule has 4 aliphatic heterocycles. The van der Waals surface area contributed by atoms with Crippen LogP contribution in [0.15, 0.2) is 55.6 Å². The van der Waals surface area contributed by atoms with Gasteiger partial charge in [0.15, 0.2) is 0 Å². The van der Waals surface area contributed by atoms with E-state index >= 15 is 0 Å². The van der Waals surface area contributed by atoms with Gasteiger partial charge in [-0.1, -0.05) is 56.3 Å². The molecule has 4 aliphatic rings. The fraction of sp³-hybridized carbons (Fsp3) is 0.641. The lowest BCUT2D eigenvalue weighted by Gasteiger charge is -2.40. The summed E-state index contributed by atoms with van der Waals surface area (Å²) >= 11 is 0. The van der Waals surface area contributed by atoms with E-state index in [0.29, 0.717) is 51.1 Å². The van der Waals surface area contributed by atoms with Gasteiger partial charge in [0.05, 0.1) is 49.8 Å². The van der Waals surface area contributed by atoms with Gasteiger partial charge in [-0.05, 0) is 37.7 Å². The molecule has 0 radical (unpaired) electrons. The van der Waals surface area contributed by atoms with Crippen molar-refractivity contribution in [2.75, 3.05) is 59.6 Å². The molecule has 1 aromatic rings. The molecule has 5 rings (SSSR count). The van der Waals surface area contributed by atoms with Crippen LogP contribution >= 0.6 is 0 Å². The number of carbonyl (C=O) groups excluding carboxylic acids is 4. The van der Waals surface area contributed by atoms with Crippen LogP contribution in [0.2, 0.25) is 0 Å². The van der Waals surface area contributed by atoms with Gasteiger partial charge in [0, 0.05) is 46.2 Å². The zero-order valence-corrected chi connectivity index (χ0v) is 30.7. The number of aliphatic hydroxyl groups excluding tert-OH is 1. The zero-order valence-electron chi connectivity index (χ0n) is 30.7. The lowest BCUT2D eigenvalue weighted by Crippen LogP contribution is -2.60. The highest BCUT2D eigenvalue weighted by atomic mass is 16.6. The highest BCUT2D eigenvalue weighted by Crippen LogP contribution is 2.59. The second-order valence-corrected chi connectivity index (χ2v) is 14.7. The Morgan fingerprint density at radius 1 is 1.12 bits per heavy atom. The first-order valence-electron chi connectivity index (χ1n) is 18.4. The minimum absolute atomic E-state index is 0.106. The third-order valence-electron chi connectivity index (χ3n) is 11.4. The van der Waals surface area contributed by atoms with Gasteiger partial charge in [-0.15, -0.1) is 13.2 Å². The standard InChI is InChI=1S/C39H56N4O8/c1-7-9-15-31(45)40(6)27(5)34(28-13-11-10-12-14-28)50-38(48)32-30-16-17-39(51-30)33(32)36(46)43(29(25-44)26(3)4)35(39)37(47)42(18-8-2)20-19-41-21-23-49-24-22-41/h7-8,10-14,26-27,29-30,32-35,44H,1-2,9,15-25H2,3-6H3/t27-,29+,30+,32-,33-,34+,35+,39-/m1/s1. The van der Waals surface area contributed by atoms with Gasteiger partial charge in [-0.3, -0.25) is 24.1 Å². The Bertz CT molecular complexity index is 1420. The molecule has 0 aromatic heterocycles. The van der Waals surface area contributed by atoms with E-state index in [4.69, 9.17) is 14.2 Å². The molecule has 2 bridgehead atoms. The summed E-state index contributed by atoms with van der Waals surface area (Å²) in [5, 5.41) is 10.6. The summed E-state index contributed by atoms with van der Waals surface area (Å²) in [4.78, 5) is 64.1. The van der Waals surface area contributed by atoms with Crippen molar-refractivity contribution in [2.45, 2.75) is 82.4 Å². The quantitative estimate of drug-likeness (QED) is 0.192. The number of benzene rings is 1. The van der Waals surface area contributed by atoms with Gasteiger partial charge in [0.1, 0.15) is 17.7 Å². The van der Waals surface area contributed by atoms with E-state index in [1.54, 1.807) is 29.0 Å². The van der Waals surface area contributed by atoms with Crippen LogP contribution in [0.1, 0.15) is 58.1 Å². The van der Waals surface area contributed by atoms with E-state index < -0.39 is 53.7 Å². The molecule has 1 N–H and O–H groups in total. The average molecular weight is 709 g/mol. The normalized spacial score (nSPS) is 27.5. The molecular weight excluding hydrogens is 652 g/mol. The highest BCUT2D eigenvalue weighted by Gasteiger charge is 2.76. The van der Waals surface area contributed by atoms with Crippen LogP contribution in [0.5, 0.6) is 0 Å². The van der Waals surface area contributed by atoms with Crippen LogP contribution in [0.25, 0.3) is 0 Å². The lowest BCUT2D eigenvalue weighted by molar-refractivity contribution is -0.165. The lowest BCUT2D eigenvalue weighted by atomic mass is 9.70. The van der Waals surface area contributed by atoms with Crippen LogP contribution in [0.3, 0.4) is 0 Å². The average Bonchev–Trinajstić information content (AvgIpc) is 3.78. The molecule has 4 heterocycles. The molecule has 4 fully saturated rings. The molecule has 12 heteroatoms. The number of hydrogen-bond donors (Lipinski definition) is 1. The number of fused-ring (bicyclic) bond motifs is 1. The molecule has 8 atom stereocenters. The zero-order chi connectivity index (χ0) is 36.9. The maximum absolute atomic E-state index is 14.8. The molecular formula is C39H56N4O8. The van der Waals surface area contributed by atoms with Crippen molar-refractivity contribution < 1.29 is 38.5 Å². The first-order valence-corrected chi connectivity index (χ1v) is 18.4. The minimum atomic E-state index is -1.26. The van der Waals surface area contributed by atoms with Gasteiger partial charge in [-0.25, -0.2) is 0 Å². The number of likely N-dealkylation sites (N-methyl/N-ethyl adjacent to an activating group) is 1. The second kappa shape index (κ2) is 16.8. The molecule has 280 valence electrons. The fourth-order valence-corrected chi connectivity index (χ4v) is 8.45. The van der Waals surface area contributed by atoms with Crippen molar-refractivity contribution in [1.82, 2.24) is 19.6 Å². The highest BCUT2D eigenvalue weighted by molar-refractivity contribution is 5.98. The van der Waals surface area contributed by atoms with Crippen LogP contribution < -0.4 is 0 Å². The van der Waals surface area contributed by atoms with Crippen molar-refractivity contribution in [3.05, 3.63) is 61.2 Å². The van der Waals surface area contributed by atoms with E-state index in [0.717, 1.165) is 13.1 Å². The summed E-state index contributed by atoms with van der Waals surface area (Å²) < 4.78 is 18.5. The van der Waals surface area contributed by atoms with Crippen molar-refractivity contribution in [3.63, 3.8) is 0 Å². The number of rotatable bonds is 17. The fourth-order valence-electron chi connectivity index (χ4n) is 8.45. The molecule has 0 aliphatic carbocycles. The Morgan fingerprint density at radius 2 is 1.82 bits per heavy atom. The van der Waals surface area contributed by atoms with Crippen LogP contribution in [-0.2, 0) is 33.4 Å². The maximum Gasteiger partial charge on any atom is 0.313 e. The molecule has 4 saturated heterocycles. The minimum Gasteiger partial charge on any atom is -0.455 e. The smallest absolute Gasteiger partial charge is 0.313 e. The Hall–Kier alpha value is -3.58. The number of nitrogens with zero attached hydrogens (tertiary/aromatic N) is 4. The summed E-state index contributed by atoms with van der Waals surface area (Å²) in [6.45, 7) is 17.1. The van der Waals surface area contributed by atoms with Gasteiger partial charge in [0.2, 0.25) is 17.7 Å². The van der Waals surface area contributed by atoms with E-state index in [9.17, 15) is 24.3 Å². The molecule has 1 aromatic carbocycles. The van der Waals surface area contributed by atoms with E-state index in [-0.39, 0.29) is 43.2 Å². The van der Waals surface area contributed by atoms with Crippen LogP contribution in [0.4, 0.5) is 0 Å². The molecule has 0 saturated carbocycles. The van der Waals surface area contributed by atoms with Crippen molar-refractivity contribution in [3.8, 4) is 0 Å². The number of ether oxygens (including phenoxy) is 3. The summed E-state index contributed by atoms with van der Waals surface area (Å²) in [5.41, 5.74) is -0.539. The number of amides is 3. The number of morpholine rings is 1. The van der Waals surface area contributed by atoms with E-state index in [1.165, 1.54) is 4.90 Å². The number of likely N-dealkylation sites (tertiary alicyclic amines) is 1. The van der Waals surface area contributed by atoms with Gasteiger partial charge >= 0.3 is 5.97 Å². The number of hydrogen-bond acceptors (Lipinski definition) is 9. The predicted octanol–water partition coefficient (Wildman–Crippen LogP) is 2.82. The van der Waals surface area contributed by atoms with Crippen molar-refractivity contribution in [1.29, 1.82) is 0 Å². The molecule has 3 amide bonds. The third kappa shape index (κ3) is 7.65. The molecule has 51 heavy (non-hydrogen) atoms. The van der Waals surface area contributed by atoms with Gasteiger partial charge in [0.25, 0.3) is 0 Å². The number of carbonyl (C=O) groups is 4. The van der Waals surface area contributed by atoms with Crippen LogP contribution in [-0.4, -0.2) is 138 Å². The first kappa shape index (κ1) is 38.6. The molecule has 1 spiro atoms. The third-order valence-corrected chi connectivity index (χ3v) is 11.4. The van der Waals surface area contributed by atoms with Crippen LogP contribution in [0, 0.1) is 17.8 Å². The van der Waals surface area contributed by atoms with Crippen molar-refractivity contribution >= 4 is 23.7 Å².